The van der Waals surface area contributed by atoms with Crippen LogP contribution < -0.4 is 10.9 Å². The van der Waals surface area contributed by atoms with Crippen LogP contribution in [0, 0.1) is 0 Å². The summed E-state index contributed by atoms with van der Waals surface area (Å²) < 4.78 is 0. The molecule has 0 spiro atoms. The van der Waals surface area contributed by atoms with Crippen molar-refractivity contribution in [1.29, 1.82) is 0 Å². The summed E-state index contributed by atoms with van der Waals surface area (Å²) in [4.78, 5) is 4.38. The second kappa shape index (κ2) is 3.09. The van der Waals surface area contributed by atoms with Gasteiger partial charge < -0.3 is 5.32 Å². The van der Waals surface area contributed by atoms with E-state index in [4.69, 9.17) is 0 Å². The number of fused-ring (bicyclic) bond motifs is 2. The summed E-state index contributed by atoms with van der Waals surface area (Å²) >= 11 is 0. The largest absolute Gasteiger partial charge is 0.311 e. The Morgan fingerprint density at radius 1 is 1.36 bits per heavy atom. The smallest absolute Gasteiger partial charge is 0.163 e. The minimum atomic E-state index is 0.724. The van der Waals surface area contributed by atoms with Crippen LogP contribution in [0.4, 0.5) is 0 Å². The van der Waals surface area contributed by atoms with Gasteiger partial charge in [0, 0.05) is 24.2 Å². The summed E-state index contributed by atoms with van der Waals surface area (Å²) in [5.41, 5.74) is 2.54. The van der Waals surface area contributed by atoms with E-state index >= 15 is 0 Å². The Kier molecular flexibility index (Phi) is 1.87. The molecular formula is C11H15BN2. The lowest BCUT2D eigenvalue weighted by Crippen LogP contribution is -2.22. The maximum absolute atomic E-state index is 4.38. The first kappa shape index (κ1) is 8.48. The first-order valence-electron chi connectivity index (χ1n) is 5.51. The summed E-state index contributed by atoms with van der Waals surface area (Å²) in [7, 11) is 2.04. The third kappa shape index (κ3) is 1.27. The number of pyridine rings is 1. The molecule has 0 radical (unpaired) electrons. The molecule has 1 aromatic rings. The van der Waals surface area contributed by atoms with E-state index < -0.39 is 0 Å². The zero-order valence-corrected chi connectivity index (χ0v) is 8.53. The van der Waals surface area contributed by atoms with Gasteiger partial charge in [-0.1, -0.05) is 12.1 Å². The molecule has 3 rings (SSSR count). The van der Waals surface area contributed by atoms with Crippen LogP contribution in [-0.4, -0.2) is 24.9 Å². The molecular weight excluding hydrogens is 171 g/mol. The lowest BCUT2D eigenvalue weighted by molar-refractivity contribution is 0.505. The summed E-state index contributed by atoms with van der Waals surface area (Å²) in [5.74, 6) is 0.724. The van der Waals surface area contributed by atoms with Gasteiger partial charge in [-0.05, 0) is 30.4 Å². The fourth-order valence-corrected chi connectivity index (χ4v) is 2.89. The second-order valence-electron chi connectivity index (χ2n) is 4.62. The van der Waals surface area contributed by atoms with Crippen molar-refractivity contribution in [1.82, 2.24) is 10.3 Å². The van der Waals surface area contributed by atoms with Crippen molar-refractivity contribution in [2.75, 3.05) is 0 Å². The van der Waals surface area contributed by atoms with Crippen LogP contribution in [0.3, 0.4) is 0 Å². The highest BCUT2D eigenvalue weighted by molar-refractivity contribution is 6.30. The van der Waals surface area contributed by atoms with Crippen LogP contribution in [0.15, 0.2) is 18.3 Å². The van der Waals surface area contributed by atoms with Crippen LogP contribution in [0.2, 0.25) is 0 Å². The van der Waals surface area contributed by atoms with E-state index in [0.717, 1.165) is 23.6 Å². The van der Waals surface area contributed by atoms with Crippen molar-refractivity contribution in [3.05, 3.63) is 23.9 Å². The van der Waals surface area contributed by atoms with Crippen LogP contribution >= 0.6 is 0 Å². The molecule has 3 heterocycles. The SMILES string of the molecule is Bc1ccc(C2CC3CCC2N3)cn1. The highest BCUT2D eigenvalue weighted by Gasteiger charge is 2.39. The van der Waals surface area contributed by atoms with E-state index in [1.165, 1.54) is 24.8 Å². The Bertz CT molecular complexity index is 336. The first-order chi connectivity index (χ1) is 6.83. The summed E-state index contributed by atoms with van der Waals surface area (Å²) in [5, 5.41) is 3.66. The molecule has 0 aliphatic carbocycles. The van der Waals surface area contributed by atoms with Crippen LogP contribution in [-0.2, 0) is 0 Å². The molecule has 72 valence electrons. The maximum Gasteiger partial charge on any atom is 0.163 e. The van der Waals surface area contributed by atoms with Gasteiger partial charge in [-0.3, -0.25) is 4.98 Å². The van der Waals surface area contributed by atoms with Gasteiger partial charge in [-0.15, -0.1) is 0 Å². The standard InChI is InChI=1S/C11H15BN2/c12-11-4-1-7(6-13-11)9-5-8-2-3-10(9)14-8/h1,4,6,8-10,14H,2-3,5,12H2. The summed E-state index contributed by atoms with van der Waals surface area (Å²) in [6.07, 6.45) is 6.10. The normalized spacial score (nSPS) is 35.0. The highest BCUT2D eigenvalue weighted by Crippen LogP contribution is 2.39. The number of nitrogens with one attached hydrogen (secondary N) is 1. The topological polar surface area (TPSA) is 24.9 Å². The molecule has 2 aliphatic heterocycles. The lowest BCUT2D eigenvalue weighted by atomic mass is 9.84. The Hall–Kier alpha value is -0.825. The predicted octanol–water partition coefficient (Wildman–Crippen LogP) is -0.0521. The summed E-state index contributed by atoms with van der Waals surface area (Å²) in [6.45, 7) is 0. The highest BCUT2D eigenvalue weighted by atomic mass is 15.0. The zero-order chi connectivity index (χ0) is 9.54. The second-order valence-corrected chi connectivity index (χ2v) is 4.62. The van der Waals surface area contributed by atoms with Gasteiger partial charge in [0.1, 0.15) is 0 Å². The average Bonchev–Trinajstić information content (AvgIpc) is 2.80. The molecule has 2 aliphatic rings. The Labute approximate surface area is 85.5 Å². The zero-order valence-electron chi connectivity index (χ0n) is 8.53. The van der Waals surface area contributed by atoms with Crippen molar-refractivity contribution in [2.45, 2.75) is 37.3 Å². The van der Waals surface area contributed by atoms with E-state index in [1.54, 1.807) is 0 Å². The Morgan fingerprint density at radius 3 is 2.86 bits per heavy atom. The molecule has 2 fully saturated rings. The summed E-state index contributed by atoms with van der Waals surface area (Å²) in [6, 6.07) is 5.88. The number of hydrogen-bond donors (Lipinski definition) is 1. The molecule has 0 saturated carbocycles. The van der Waals surface area contributed by atoms with E-state index in [9.17, 15) is 0 Å². The molecule has 1 aromatic heterocycles. The third-order valence-corrected chi connectivity index (χ3v) is 3.66. The third-order valence-electron chi connectivity index (χ3n) is 3.66. The molecule has 2 bridgehead atoms. The van der Waals surface area contributed by atoms with Crippen LogP contribution in [0.1, 0.15) is 30.7 Å². The van der Waals surface area contributed by atoms with Crippen LogP contribution in [0.25, 0.3) is 0 Å². The van der Waals surface area contributed by atoms with Gasteiger partial charge in [0.2, 0.25) is 0 Å². The van der Waals surface area contributed by atoms with Gasteiger partial charge in [-0.25, -0.2) is 0 Å². The maximum atomic E-state index is 4.38. The lowest BCUT2D eigenvalue weighted by Gasteiger charge is -2.20. The average molecular weight is 186 g/mol. The van der Waals surface area contributed by atoms with Crippen molar-refractivity contribution >= 4 is 13.4 Å². The fourth-order valence-electron chi connectivity index (χ4n) is 2.89. The van der Waals surface area contributed by atoms with E-state index in [0.29, 0.717) is 0 Å². The Morgan fingerprint density at radius 2 is 2.29 bits per heavy atom. The van der Waals surface area contributed by atoms with Crippen molar-refractivity contribution in [3.8, 4) is 0 Å². The molecule has 3 unspecified atom stereocenters. The monoisotopic (exact) mass is 186 g/mol. The molecule has 0 amide bonds. The first-order valence-corrected chi connectivity index (χ1v) is 5.51. The number of nitrogens with zero attached hydrogens (tertiary/aromatic N) is 1. The van der Waals surface area contributed by atoms with Crippen molar-refractivity contribution in [2.24, 2.45) is 0 Å². The van der Waals surface area contributed by atoms with E-state index in [-0.39, 0.29) is 0 Å². The van der Waals surface area contributed by atoms with E-state index in [2.05, 4.69) is 28.6 Å². The minimum absolute atomic E-state index is 0.724. The van der Waals surface area contributed by atoms with Gasteiger partial charge in [-0.2, -0.15) is 0 Å². The van der Waals surface area contributed by atoms with Gasteiger partial charge in [0.05, 0.1) is 0 Å². The van der Waals surface area contributed by atoms with Gasteiger partial charge >= 0.3 is 0 Å². The molecule has 2 saturated heterocycles. The van der Waals surface area contributed by atoms with Crippen LogP contribution in [0.5, 0.6) is 0 Å². The van der Waals surface area contributed by atoms with E-state index in [1.807, 2.05) is 7.85 Å². The molecule has 0 aromatic carbocycles. The quantitative estimate of drug-likeness (QED) is 0.622. The molecule has 2 nitrogen and oxygen atoms in total. The minimum Gasteiger partial charge on any atom is -0.311 e. The van der Waals surface area contributed by atoms with Crippen molar-refractivity contribution in [3.63, 3.8) is 0 Å². The predicted molar refractivity (Wildman–Crippen MR) is 59.7 cm³/mol. The molecule has 3 atom stereocenters. The molecule has 3 heteroatoms. The van der Waals surface area contributed by atoms with Crippen molar-refractivity contribution < 1.29 is 0 Å². The fraction of sp³-hybridized carbons (Fsp3) is 0.545. The van der Waals surface area contributed by atoms with Gasteiger partial charge in [0.15, 0.2) is 7.85 Å². The number of hydrogen-bond acceptors (Lipinski definition) is 2. The molecule has 1 N–H and O–H groups in total. The number of aromatic nitrogens is 1. The van der Waals surface area contributed by atoms with Gasteiger partial charge in [0.25, 0.3) is 0 Å². The molecule has 14 heavy (non-hydrogen) atoms. The number of rotatable bonds is 1. The Balaban J connectivity index is 1.86.